The Morgan fingerprint density at radius 2 is 1.92 bits per heavy atom. The first-order valence-corrected chi connectivity index (χ1v) is 9.24. The van der Waals surface area contributed by atoms with Crippen LogP contribution in [0.1, 0.15) is 57.9 Å². The van der Waals surface area contributed by atoms with Crippen LogP contribution in [0.5, 0.6) is 0 Å². The zero-order chi connectivity index (χ0) is 17.6. The minimum Gasteiger partial charge on any atom is -0.325 e. The van der Waals surface area contributed by atoms with Crippen LogP contribution in [-0.4, -0.2) is 12.0 Å². The predicted octanol–water partition coefficient (Wildman–Crippen LogP) is 5.74. The number of allylic oxidation sites excluding steroid dienone is 2. The summed E-state index contributed by atoms with van der Waals surface area (Å²) in [7, 11) is 0. The fourth-order valence-corrected chi connectivity index (χ4v) is 4.03. The van der Waals surface area contributed by atoms with E-state index in [2.05, 4.69) is 37.3 Å². The molecule has 3 atom stereocenters. The zero-order valence-electron chi connectivity index (χ0n) is 15.0. The van der Waals surface area contributed by atoms with Crippen molar-refractivity contribution in [2.24, 2.45) is 17.6 Å². The van der Waals surface area contributed by atoms with E-state index in [-0.39, 0.29) is 11.5 Å². The van der Waals surface area contributed by atoms with Gasteiger partial charge in [-0.1, -0.05) is 62.2 Å². The molecule has 0 aliphatic heterocycles. The Bertz CT molecular complexity index is 526. The van der Waals surface area contributed by atoms with Crippen LogP contribution in [0, 0.1) is 11.8 Å². The molecule has 1 aliphatic rings. The van der Waals surface area contributed by atoms with E-state index < -0.39 is 12.3 Å². The van der Waals surface area contributed by atoms with Crippen molar-refractivity contribution in [3.05, 3.63) is 47.5 Å². The summed E-state index contributed by atoms with van der Waals surface area (Å²) in [6.07, 6.45) is 6.20. The van der Waals surface area contributed by atoms with Crippen molar-refractivity contribution in [2.45, 2.75) is 70.8 Å². The third kappa shape index (κ3) is 5.41. The second kappa shape index (κ2) is 8.75. The molecule has 0 amide bonds. The molecule has 0 saturated carbocycles. The lowest BCUT2D eigenvalue weighted by molar-refractivity contribution is 0.0642. The Morgan fingerprint density at radius 3 is 2.50 bits per heavy atom. The summed E-state index contributed by atoms with van der Waals surface area (Å²) >= 11 is 0. The van der Waals surface area contributed by atoms with Crippen molar-refractivity contribution in [1.29, 1.82) is 0 Å². The maximum atomic E-state index is 13.0. The van der Waals surface area contributed by atoms with E-state index in [0.717, 1.165) is 38.5 Å². The average molecular weight is 335 g/mol. The molecule has 0 fully saturated rings. The normalized spacial score (nSPS) is 23.3. The standard InChI is InChI=1S/C21H31F2N/c1-3-11-21(24,15-17-8-5-4-6-9-17)12-7-10-18-13-16(2)19(14-18)20(22)23/h4-6,8-9,13,16,19-20H,3,7,10-12,14-15,24H2,1-2H3. The van der Waals surface area contributed by atoms with Crippen LogP contribution >= 0.6 is 0 Å². The van der Waals surface area contributed by atoms with E-state index in [1.165, 1.54) is 11.1 Å². The maximum absolute atomic E-state index is 13.0. The van der Waals surface area contributed by atoms with Gasteiger partial charge in [-0.15, -0.1) is 0 Å². The van der Waals surface area contributed by atoms with Crippen LogP contribution in [-0.2, 0) is 6.42 Å². The lowest BCUT2D eigenvalue weighted by Crippen LogP contribution is -2.42. The predicted molar refractivity (Wildman–Crippen MR) is 97.2 cm³/mol. The van der Waals surface area contributed by atoms with Gasteiger partial charge in [0, 0.05) is 11.5 Å². The molecule has 0 radical (unpaired) electrons. The Morgan fingerprint density at radius 1 is 1.21 bits per heavy atom. The van der Waals surface area contributed by atoms with E-state index in [1.54, 1.807) is 0 Å². The minimum atomic E-state index is -2.21. The van der Waals surface area contributed by atoms with Gasteiger partial charge in [0.25, 0.3) is 0 Å². The molecular weight excluding hydrogens is 304 g/mol. The molecule has 2 N–H and O–H groups in total. The van der Waals surface area contributed by atoms with Crippen molar-refractivity contribution in [3.8, 4) is 0 Å². The molecule has 1 nitrogen and oxygen atoms in total. The van der Waals surface area contributed by atoms with Crippen molar-refractivity contribution in [3.63, 3.8) is 0 Å². The monoisotopic (exact) mass is 335 g/mol. The molecule has 1 aliphatic carbocycles. The van der Waals surface area contributed by atoms with Gasteiger partial charge in [-0.2, -0.15) is 0 Å². The molecule has 134 valence electrons. The van der Waals surface area contributed by atoms with Crippen LogP contribution in [0.4, 0.5) is 8.78 Å². The summed E-state index contributed by atoms with van der Waals surface area (Å²) in [4.78, 5) is 0. The molecule has 0 saturated heterocycles. The summed E-state index contributed by atoms with van der Waals surface area (Å²) in [5.41, 5.74) is 8.98. The number of benzene rings is 1. The molecule has 0 heterocycles. The molecule has 0 aromatic heterocycles. The lowest BCUT2D eigenvalue weighted by atomic mass is 9.82. The van der Waals surface area contributed by atoms with E-state index in [0.29, 0.717) is 6.42 Å². The average Bonchev–Trinajstić information content (AvgIpc) is 2.89. The zero-order valence-corrected chi connectivity index (χ0v) is 15.0. The summed E-state index contributed by atoms with van der Waals surface area (Å²) < 4.78 is 25.9. The Kier molecular flexibility index (Phi) is 6.97. The first kappa shape index (κ1) is 19.1. The number of halogens is 2. The highest BCUT2D eigenvalue weighted by Crippen LogP contribution is 2.37. The number of nitrogens with two attached hydrogens (primary N) is 1. The van der Waals surface area contributed by atoms with E-state index in [9.17, 15) is 8.78 Å². The van der Waals surface area contributed by atoms with Gasteiger partial charge in [-0.25, -0.2) is 8.78 Å². The maximum Gasteiger partial charge on any atom is 0.242 e. The van der Waals surface area contributed by atoms with E-state index in [1.807, 2.05) is 13.0 Å². The largest absolute Gasteiger partial charge is 0.325 e. The molecular formula is C21H31F2N. The van der Waals surface area contributed by atoms with Gasteiger partial charge in [-0.05, 0) is 50.0 Å². The quantitative estimate of drug-likeness (QED) is 0.572. The van der Waals surface area contributed by atoms with Gasteiger partial charge < -0.3 is 5.73 Å². The van der Waals surface area contributed by atoms with Crippen LogP contribution < -0.4 is 5.73 Å². The minimum absolute atomic E-state index is 0.00240. The van der Waals surface area contributed by atoms with E-state index >= 15 is 0 Å². The van der Waals surface area contributed by atoms with Crippen LogP contribution in [0.25, 0.3) is 0 Å². The summed E-state index contributed by atoms with van der Waals surface area (Å²) in [5.74, 6) is -0.481. The third-order valence-electron chi connectivity index (χ3n) is 5.31. The van der Waals surface area contributed by atoms with E-state index in [4.69, 9.17) is 5.73 Å². The SMILES string of the molecule is CCCC(N)(CCCC1=CC(C)C(C(F)F)C1)Cc1ccccc1. The van der Waals surface area contributed by atoms with Gasteiger partial charge in [0.2, 0.25) is 6.43 Å². The fraction of sp³-hybridized carbons (Fsp3) is 0.619. The smallest absolute Gasteiger partial charge is 0.242 e. The molecule has 0 bridgehead atoms. The molecule has 24 heavy (non-hydrogen) atoms. The van der Waals surface area contributed by atoms with Gasteiger partial charge >= 0.3 is 0 Å². The highest BCUT2D eigenvalue weighted by Gasteiger charge is 2.31. The number of alkyl halides is 2. The number of hydrogen-bond acceptors (Lipinski definition) is 1. The number of hydrogen-bond donors (Lipinski definition) is 1. The van der Waals surface area contributed by atoms with Gasteiger partial charge in [0.15, 0.2) is 0 Å². The number of rotatable bonds is 9. The Balaban J connectivity index is 1.87. The fourth-order valence-electron chi connectivity index (χ4n) is 4.03. The summed E-state index contributed by atoms with van der Waals surface area (Å²) in [6.45, 7) is 4.07. The summed E-state index contributed by atoms with van der Waals surface area (Å²) in [6, 6.07) is 10.4. The molecule has 1 aromatic rings. The summed E-state index contributed by atoms with van der Waals surface area (Å²) in [5, 5.41) is 0. The molecule has 3 heteroatoms. The molecule has 3 unspecified atom stereocenters. The highest BCUT2D eigenvalue weighted by atomic mass is 19.3. The Labute approximate surface area is 145 Å². The topological polar surface area (TPSA) is 26.0 Å². The molecule has 0 spiro atoms. The van der Waals surface area contributed by atoms with Crippen molar-refractivity contribution in [1.82, 2.24) is 0 Å². The van der Waals surface area contributed by atoms with Gasteiger partial charge in [-0.3, -0.25) is 0 Å². The second-order valence-corrected chi connectivity index (χ2v) is 7.51. The highest BCUT2D eigenvalue weighted by molar-refractivity contribution is 5.18. The first-order chi connectivity index (χ1) is 11.4. The second-order valence-electron chi connectivity index (χ2n) is 7.51. The lowest BCUT2D eigenvalue weighted by Gasteiger charge is -2.30. The molecule has 1 aromatic carbocycles. The van der Waals surface area contributed by atoms with Crippen molar-refractivity contribution >= 4 is 0 Å². The molecule has 2 rings (SSSR count). The van der Waals surface area contributed by atoms with Gasteiger partial charge in [0.1, 0.15) is 0 Å². The van der Waals surface area contributed by atoms with Crippen LogP contribution in [0.2, 0.25) is 0 Å². The van der Waals surface area contributed by atoms with Gasteiger partial charge in [0.05, 0.1) is 0 Å². The van der Waals surface area contributed by atoms with Crippen molar-refractivity contribution < 1.29 is 8.78 Å². The van der Waals surface area contributed by atoms with Crippen molar-refractivity contribution in [2.75, 3.05) is 0 Å². The Hall–Kier alpha value is -1.22. The van der Waals surface area contributed by atoms with Crippen LogP contribution in [0.15, 0.2) is 42.0 Å². The third-order valence-corrected chi connectivity index (χ3v) is 5.31. The van der Waals surface area contributed by atoms with Crippen LogP contribution in [0.3, 0.4) is 0 Å². The first-order valence-electron chi connectivity index (χ1n) is 9.24.